The van der Waals surface area contributed by atoms with Gasteiger partial charge in [0, 0.05) is 24.7 Å². The van der Waals surface area contributed by atoms with Gasteiger partial charge >= 0.3 is 0 Å². The molecule has 0 atom stereocenters. The molecule has 0 fully saturated rings. The number of carbonyl (C=O) groups is 2. The van der Waals surface area contributed by atoms with Crippen LogP contribution in [0.1, 0.15) is 22.3 Å². The van der Waals surface area contributed by atoms with Gasteiger partial charge in [0.2, 0.25) is 0 Å². The average Bonchev–Trinajstić information content (AvgIpc) is 2.64. The van der Waals surface area contributed by atoms with Crippen molar-refractivity contribution in [1.29, 1.82) is 0 Å². The number of amides is 2. The fourth-order valence-corrected chi connectivity index (χ4v) is 4.05. The second-order valence-electron chi connectivity index (χ2n) is 6.02. The number of benzene rings is 2. The molecule has 0 aliphatic carbocycles. The molecular formula is C20H22Br2N2O4. The Hall–Kier alpha value is -1.90. The second-order valence-corrected chi connectivity index (χ2v) is 7.79. The lowest BCUT2D eigenvalue weighted by Crippen LogP contribution is -2.27. The Balaban J connectivity index is 1.98. The number of nitrogens with one attached hydrogen (secondary N) is 2. The number of para-hydroxylation sites is 1. The van der Waals surface area contributed by atoms with Gasteiger partial charge in [-0.1, -0.05) is 28.1 Å². The van der Waals surface area contributed by atoms with Crippen molar-refractivity contribution in [2.45, 2.75) is 13.3 Å². The van der Waals surface area contributed by atoms with Crippen LogP contribution in [0.2, 0.25) is 0 Å². The number of hydrogen-bond acceptors (Lipinski definition) is 4. The van der Waals surface area contributed by atoms with Crippen LogP contribution in [0.4, 0.5) is 5.69 Å². The van der Waals surface area contributed by atoms with Gasteiger partial charge in [0.15, 0.2) is 6.61 Å². The van der Waals surface area contributed by atoms with Gasteiger partial charge in [-0.15, -0.1) is 0 Å². The van der Waals surface area contributed by atoms with Gasteiger partial charge in [-0.3, -0.25) is 9.59 Å². The van der Waals surface area contributed by atoms with Gasteiger partial charge in [-0.2, -0.15) is 0 Å². The maximum atomic E-state index is 12.4. The van der Waals surface area contributed by atoms with Crippen LogP contribution in [0.5, 0.6) is 5.75 Å². The number of hydrogen-bond donors (Lipinski definition) is 2. The summed E-state index contributed by atoms with van der Waals surface area (Å²) in [4.78, 5) is 24.7. The highest BCUT2D eigenvalue weighted by atomic mass is 79.9. The topological polar surface area (TPSA) is 76.7 Å². The first-order chi connectivity index (χ1) is 13.4. The summed E-state index contributed by atoms with van der Waals surface area (Å²) < 4.78 is 12.3. The first-order valence-electron chi connectivity index (χ1n) is 8.67. The quantitative estimate of drug-likeness (QED) is 0.490. The molecular weight excluding hydrogens is 492 g/mol. The Labute approximate surface area is 181 Å². The summed E-state index contributed by atoms with van der Waals surface area (Å²) in [5, 5.41) is 5.55. The minimum atomic E-state index is -0.353. The van der Waals surface area contributed by atoms with Crippen LogP contribution in [-0.4, -0.2) is 38.7 Å². The Morgan fingerprint density at radius 2 is 1.89 bits per heavy atom. The summed E-state index contributed by atoms with van der Waals surface area (Å²) >= 11 is 6.84. The van der Waals surface area contributed by atoms with E-state index in [1.165, 1.54) is 0 Å². The Morgan fingerprint density at radius 3 is 2.61 bits per heavy atom. The first-order valence-corrected chi connectivity index (χ1v) is 10.3. The van der Waals surface area contributed by atoms with E-state index in [9.17, 15) is 9.59 Å². The number of carbonyl (C=O) groups excluding carboxylic acids is 2. The molecule has 0 aromatic heterocycles. The third-order valence-electron chi connectivity index (χ3n) is 3.80. The standard InChI is InChI=1S/C20H22Br2N2O4/c1-13-10-14(21)11-16(22)19(13)28-12-18(25)24-17-7-4-3-6-15(17)20(26)23-8-5-9-27-2/h3-4,6-7,10-11H,5,8-9,12H2,1-2H3,(H,23,26)(H,24,25). The van der Waals surface area contributed by atoms with Crippen LogP contribution in [0.25, 0.3) is 0 Å². The SMILES string of the molecule is COCCCNC(=O)c1ccccc1NC(=O)COc1c(C)cc(Br)cc1Br. The molecule has 0 heterocycles. The molecule has 0 spiro atoms. The zero-order valence-electron chi connectivity index (χ0n) is 15.7. The molecule has 0 aliphatic heterocycles. The van der Waals surface area contributed by atoms with E-state index < -0.39 is 0 Å². The zero-order valence-corrected chi connectivity index (χ0v) is 18.9. The molecule has 0 bridgehead atoms. The van der Waals surface area contributed by atoms with Crippen molar-refractivity contribution in [3.05, 3.63) is 56.5 Å². The number of ether oxygens (including phenoxy) is 2. The lowest BCUT2D eigenvalue weighted by molar-refractivity contribution is -0.118. The summed E-state index contributed by atoms with van der Waals surface area (Å²) in [5.41, 5.74) is 1.73. The molecule has 150 valence electrons. The molecule has 0 aliphatic rings. The summed E-state index contributed by atoms with van der Waals surface area (Å²) in [6.45, 7) is 2.78. The van der Waals surface area contributed by atoms with Crippen LogP contribution in [0, 0.1) is 6.92 Å². The van der Waals surface area contributed by atoms with Crippen LogP contribution in [0.15, 0.2) is 45.3 Å². The van der Waals surface area contributed by atoms with Crippen LogP contribution in [0.3, 0.4) is 0 Å². The molecule has 0 unspecified atom stereocenters. The van der Waals surface area contributed by atoms with Crippen molar-refractivity contribution < 1.29 is 19.1 Å². The van der Waals surface area contributed by atoms with Gasteiger partial charge < -0.3 is 20.1 Å². The third kappa shape index (κ3) is 6.61. The molecule has 8 heteroatoms. The second kappa shape index (κ2) is 11.2. The highest BCUT2D eigenvalue weighted by Crippen LogP contribution is 2.32. The van der Waals surface area contributed by atoms with Crippen molar-refractivity contribution in [3.8, 4) is 5.75 Å². The van der Waals surface area contributed by atoms with Gasteiger partial charge in [0.05, 0.1) is 15.7 Å². The smallest absolute Gasteiger partial charge is 0.262 e. The number of halogens is 2. The summed E-state index contributed by atoms with van der Waals surface area (Å²) in [6, 6.07) is 10.6. The molecule has 2 aromatic rings. The van der Waals surface area contributed by atoms with E-state index in [1.807, 2.05) is 19.1 Å². The summed E-state index contributed by atoms with van der Waals surface area (Å²) in [7, 11) is 1.61. The van der Waals surface area contributed by atoms with E-state index in [-0.39, 0.29) is 18.4 Å². The minimum absolute atomic E-state index is 0.176. The maximum Gasteiger partial charge on any atom is 0.262 e. The van der Waals surface area contributed by atoms with Gasteiger partial charge in [0.1, 0.15) is 5.75 Å². The highest BCUT2D eigenvalue weighted by Gasteiger charge is 2.14. The lowest BCUT2D eigenvalue weighted by Gasteiger charge is -2.14. The van der Waals surface area contributed by atoms with Crippen molar-refractivity contribution in [2.24, 2.45) is 0 Å². The Bertz CT molecular complexity index is 820. The number of aryl methyl sites for hydroxylation is 1. The van der Waals surface area contributed by atoms with Crippen molar-refractivity contribution in [3.63, 3.8) is 0 Å². The monoisotopic (exact) mass is 512 g/mol. The molecule has 0 radical (unpaired) electrons. The largest absolute Gasteiger partial charge is 0.482 e. The van der Waals surface area contributed by atoms with Crippen molar-refractivity contribution >= 4 is 49.4 Å². The maximum absolute atomic E-state index is 12.4. The van der Waals surface area contributed by atoms with Crippen LogP contribution < -0.4 is 15.4 Å². The molecule has 2 aromatic carbocycles. The minimum Gasteiger partial charge on any atom is -0.482 e. The highest BCUT2D eigenvalue weighted by molar-refractivity contribution is 9.11. The number of methoxy groups -OCH3 is 1. The van der Waals surface area contributed by atoms with E-state index in [2.05, 4.69) is 42.5 Å². The summed E-state index contributed by atoms with van der Waals surface area (Å²) in [6.07, 6.45) is 0.714. The Kier molecular flexibility index (Phi) is 8.95. The summed E-state index contributed by atoms with van der Waals surface area (Å²) in [5.74, 6) is -0.00390. The fourth-order valence-electron chi connectivity index (χ4n) is 2.50. The van der Waals surface area contributed by atoms with Crippen molar-refractivity contribution in [2.75, 3.05) is 32.2 Å². The Morgan fingerprint density at radius 1 is 1.14 bits per heavy atom. The first kappa shape index (κ1) is 22.4. The van der Waals surface area contributed by atoms with Gasteiger partial charge in [0.25, 0.3) is 11.8 Å². The molecule has 0 saturated heterocycles. The van der Waals surface area contributed by atoms with E-state index >= 15 is 0 Å². The van der Waals surface area contributed by atoms with Crippen molar-refractivity contribution in [1.82, 2.24) is 5.32 Å². The molecule has 2 rings (SSSR count). The molecule has 6 nitrogen and oxygen atoms in total. The third-order valence-corrected chi connectivity index (χ3v) is 4.85. The lowest BCUT2D eigenvalue weighted by atomic mass is 10.1. The molecule has 0 saturated carbocycles. The van der Waals surface area contributed by atoms with Gasteiger partial charge in [-0.05, 0) is 59.1 Å². The zero-order chi connectivity index (χ0) is 20.5. The molecule has 2 N–H and O–H groups in total. The average molecular weight is 514 g/mol. The van der Waals surface area contributed by atoms with Gasteiger partial charge in [-0.25, -0.2) is 0 Å². The van der Waals surface area contributed by atoms with E-state index in [1.54, 1.807) is 31.4 Å². The fraction of sp³-hybridized carbons (Fsp3) is 0.300. The van der Waals surface area contributed by atoms with Crippen LogP contribution >= 0.6 is 31.9 Å². The predicted octanol–water partition coefficient (Wildman–Crippen LogP) is 4.30. The van der Waals surface area contributed by atoms with E-state index in [0.717, 1.165) is 14.5 Å². The van der Waals surface area contributed by atoms with E-state index in [0.29, 0.717) is 36.6 Å². The van der Waals surface area contributed by atoms with E-state index in [4.69, 9.17) is 9.47 Å². The normalized spacial score (nSPS) is 10.4. The number of rotatable bonds is 9. The predicted molar refractivity (Wildman–Crippen MR) is 116 cm³/mol. The molecule has 28 heavy (non-hydrogen) atoms. The number of anilines is 1. The van der Waals surface area contributed by atoms with Crippen LogP contribution in [-0.2, 0) is 9.53 Å². The molecule has 2 amide bonds.